The number of piperidine rings is 1. The van der Waals surface area contributed by atoms with Gasteiger partial charge in [-0.3, -0.25) is 0 Å². The SMILES string of the molecule is NS(=O)(=O)NCC1CCCNC1. The van der Waals surface area contributed by atoms with E-state index in [0.29, 0.717) is 12.5 Å². The van der Waals surface area contributed by atoms with Crippen molar-refractivity contribution in [2.24, 2.45) is 11.1 Å². The summed E-state index contributed by atoms with van der Waals surface area (Å²) in [5.41, 5.74) is 0. The van der Waals surface area contributed by atoms with Gasteiger partial charge in [-0.05, 0) is 31.8 Å². The highest BCUT2D eigenvalue weighted by Gasteiger charge is 2.14. The van der Waals surface area contributed by atoms with Gasteiger partial charge in [-0.15, -0.1) is 0 Å². The van der Waals surface area contributed by atoms with Crippen LogP contribution in [0.15, 0.2) is 0 Å². The molecule has 5 nitrogen and oxygen atoms in total. The van der Waals surface area contributed by atoms with Gasteiger partial charge in [0.25, 0.3) is 10.2 Å². The third-order valence-electron chi connectivity index (χ3n) is 1.97. The van der Waals surface area contributed by atoms with E-state index in [2.05, 4.69) is 10.0 Å². The molecule has 0 aromatic carbocycles. The second-order valence-corrected chi connectivity index (χ2v) is 4.48. The normalized spacial score (nSPS) is 25.6. The molecular weight excluding hydrogens is 178 g/mol. The summed E-state index contributed by atoms with van der Waals surface area (Å²) in [4.78, 5) is 0. The van der Waals surface area contributed by atoms with Crippen molar-refractivity contribution in [3.63, 3.8) is 0 Å². The molecule has 1 atom stereocenters. The Kier molecular flexibility index (Phi) is 3.45. The van der Waals surface area contributed by atoms with Crippen LogP contribution in [0.1, 0.15) is 12.8 Å². The lowest BCUT2D eigenvalue weighted by molar-refractivity contribution is 0.376. The summed E-state index contributed by atoms with van der Waals surface area (Å²) in [6, 6.07) is 0. The van der Waals surface area contributed by atoms with Crippen molar-refractivity contribution in [3.8, 4) is 0 Å². The Morgan fingerprint density at radius 3 is 2.83 bits per heavy atom. The van der Waals surface area contributed by atoms with Crippen LogP contribution in [0.5, 0.6) is 0 Å². The average molecular weight is 193 g/mol. The Hall–Kier alpha value is -0.170. The average Bonchev–Trinajstić information content (AvgIpc) is 2.02. The van der Waals surface area contributed by atoms with E-state index < -0.39 is 10.2 Å². The van der Waals surface area contributed by atoms with Crippen LogP contribution in [0.2, 0.25) is 0 Å². The molecule has 1 aliphatic rings. The van der Waals surface area contributed by atoms with Crippen LogP contribution in [0, 0.1) is 5.92 Å². The van der Waals surface area contributed by atoms with Gasteiger partial charge in [-0.2, -0.15) is 8.42 Å². The molecule has 12 heavy (non-hydrogen) atoms. The zero-order chi connectivity index (χ0) is 9.03. The Bertz CT molecular complexity index is 221. The Morgan fingerprint density at radius 2 is 2.33 bits per heavy atom. The highest BCUT2D eigenvalue weighted by molar-refractivity contribution is 7.87. The van der Waals surface area contributed by atoms with E-state index in [4.69, 9.17) is 5.14 Å². The lowest BCUT2D eigenvalue weighted by Crippen LogP contribution is -2.40. The Balaban J connectivity index is 2.22. The van der Waals surface area contributed by atoms with E-state index in [9.17, 15) is 8.42 Å². The fourth-order valence-corrected chi connectivity index (χ4v) is 1.80. The zero-order valence-corrected chi connectivity index (χ0v) is 7.73. The van der Waals surface area contributed by atoms with Crippen LogP contribution in [-0.2, 0) is 10.2 Å². The van der Waals surface area contributed by atoms with Gasteiger partial charge in [0.1, 0.15) is 0 Å². The standard InChI is InChI=1S/C6H15N3O2S/c7-12(10,11)9-5-6-2-1-3-8-4-6/h6,8-9H,1-5H2,(H2,7,10,11). The predicted molar refractivity (Wildman–Crippen MR) is 46.7 cm³/mol. The van der Waals surface area contributed by atoms with Crippen LogP contribution >= 0.6 is 0 Å². The van der Waals surface area contributed by atoms with E-state index >= 15 is 0 Å². The molecule has 1 saturated heterocycles. The van der Waals surface area contributed by atoms with Crippen molar-refractivity contribution in [2.75, 3.05) is 19.6 Å². The highest BCUT2D eigenvalue weighted by Crippen LogP contribution is 2.07. The number of rotatable bonds is 3. The van der Waals surface area contributed by atoms with E-state index in [1.165, 1.54) is 0 Å². The molecule has 0 aliphatic carbocycles. The van der Waals surface area contributed by atoms with Gasteiger partial charge >= 0.3 is 0 Å². The molecule has 0 bridgehead atoms. The quantitative estimate of drug-likeness (QED) is 0.525. The molecule has 1 heterocycles. The first kappa shape index (κ1) is 9.91. The molecule has 1 unspecified atom stereocenters. The summed E-state index contributed by atoms with van der Waals surface area (Å²) in [7, 11) is -3.50. The first-order chi connectivity index (χ1) is 5.58. The fraction of sp³-hybridized carbons (Fsp3) is 1.00. The lowest BCUT2D eigenvalue weighted by Gasteiger charge is -2.22. The first-order valence-electron chi connectivity index (χ1n) is 4.06. The molecule has 1 aliphatic heterocycles. The smallest absolute Gasteiger partial charge is 0.274 e. The van der Waals surface area contributed by atoms with E-state index in [1.807, 2.05) is 0 Å². The van der Waals surface area contributed by atoms with Crippen LogP contribution in [0.3, 0.4) is 0 Å². The summed E-state index contributed by atoms with van der Waals surface area (Å²) in [6.07, 6.45) is 2.17. The Morgan fingerprint density at radius 1 is 1.58 bits per heavy atom. The third kappa shape index (κ3) is 4.01. The number of hydrogen-bond donors (Lipinski definition) is 3. The summed E-state index contributed by atoms with van der Waals surface area (Å²) in [5.74, 6) is 0.386. The van der Waals surface area contributed by atoms with Crippen LogP contribution < -0.4 is 15.2 Å². The zero-order valence-electron chi connectivity index (χ0n) is 6.91. The summed E-state index contributed by atoms with van der Waals surface area (Å²) in [6.45, 7) is 2.36. The lowest BCUT2D eigenvalue weighted by atomic mass is 10.0. The molecule has 1 fully saturated rings. The molecule has 0 spiro atoms. The van der Waals surface area contributed by atoms with Crippen LogP contribution in [0.4, 0.5) is 0 Å². The van der Waals surface area contributed by atoms with Gasteiger partial charge in [0.05, 0.1) is 0 Å². The largest absolute Gasteiger partial charge is 0.316 e. The van der Waals surface area contributed by atoms with E-state index in [-0.39, 0.29) is 0 Å². The van der Waals surface area contributed by atoms with Crippen molar-refractivity contribution in [1.82, 2.24) is 10.0 Å². The first-order valence-corrected chi connectivity index (χ1v) is 5.60. The monoisotopic (exact) mass is 193 g/mol. The molecule has 72 valence electrons. The molecule has 4 N–H and O–H groups in total. The topological polar surface area (TPSA) is 84.2 Å². The molecule has 0 aromatic heterocycles. The van der Waals surface area contributed by atoms with E-state index in [1.54, 1.807) is 0 Å². The molecule has 0 amide bonds. The number of nitrogens with two attached hydrogens (primary N) is 1. The van der Waals surface area contributed by atoms with Crippen molar-refractivity contribution in [1.29, 1.82) is 0 Å². The summed E-state index contributed by atoms with van der Waals surface area (Å²) >= 11 is 0. The van der Waals surface area contributed by atoms with Gasteiger partial charge in [0.2, 0.25) is 0 Å². The number of hydrogen-bond acceptors (Lipinski definition) is 3. The van der Waals surface area contributed by atoms with Gasteiger partial charge < -0.3 is 5.32 Å². The molecule has 0 radical (unpaired) electrons. The van der Waals surface area contributed by atoms with Gasteiger partial charge in [-0.25, -0.2) is 9.86 Å². The van der Waals surface area contributed by atoms with Crippen molar-refractivity contribution < 1.29 is 8.42 Å². The van der Waals surface area contributed by atoms with Gasteiger partial charge in [-0.1, -0.05) is 0 Å². The van der Waals surface area contributed by atoms with Crippen LogP contribution in [0.25, 0.3) is 0 Å². The predicted octanol–water partition coefficient (Wildman–Crippen LogP) is -1.22. The van der Waals surface area contributed by atoms with Crippen molar-refractivity contribution in [2.45, 2.75) is 12.8 Å². The maximum Gasteiger partial charge on any atom is 0.274 e. The molecule has 0 aromatic rings. The molecular formula is C6H15N3O2S. The van der Waals surface area contributed by atoms with E-state index in [0.717, 1.165) is 25.9 Å². The second-order valence-electron chi connectivity index (χ2n) is 3.11. The minimum atomic E-state index is -3.50. The molecule has 0 saturated carbocycles. The number of nitrogens with one attached hydrogen (secondary N) is 2. The van der Waals surface area contributed by atoms with Crippen molar-refractivity contribution >= 4 is 10.2 Å². The minimum Gasteiger partial charge on any atom is -0.316 e. The van der Waals surface area contributed by atoms with Crippen molar-refractivity contribution in [3.05, 3.63) is 0 Å². The maximum absolute atomic E-state index is 10.5. The minimum absolute atomic E-state index is 0.386. The van der Waals surface area contributed by atoms with Gasteiger partial charge in [0.15, 0.2) is 0 Å². The third-order valence-corrected chi connectivity index (χ3v) is 2.54. The van der Waals surface area contributed by atoms with Gasteiger partial charge in [0, 0.05) is 6.54 Å². The summed E-state index contributed by atoms with van der Waals surface area (Å²) in [5, 5.41) is 7.99. The fourth-order valence-electron chi connectivity index (χ4n) is 1.33. The second kappa shape index (κ2) is 4.18. The molecule has 1 rings (SSSR count). The molecule has 6 heteroatoms. The van der Waals surface area contributed by atoms with Crippen LogP contribution in [-0.4, -0.2) is 28.1 Å². The Labute approximate surface area is 72.9 Å². The maximum atomic E-state index is 10.5. The highest BCUT2D eigenvalue weighted by atomic mass is 32.2. The summed E-state index contributed by atoms with van der Waals surface area (Å²) < 4.78 is 23.3.